The number of carbonyl (C=O) groups excluding carboxylic acids is 12. The van der Waals surface area contributed by atoms with E-state index in [-0.39, 0.29) is 75.0 Å². The van der Waals surface area contributed by atoms with Gasteiger partial charge in [0.15, 0.2) is 0 Å². The van der Waals surface area contributed by atoms with E-state index in [2.05, 4.69) is 47.9 Å². The monoisotopic (exact) mass is 1160 g/mol. The lowest BCUT2D eigenvalue weighted by Crippen LogP contribution is -2.64. The maximum atomic E-state index is 14.5. The molecular formula is C57H100N12O13. The number of nitrogens with two attached hydrogens (primary N) is 1. The average molecular weight is 1160 g/mol. The van der Waals surface area contributed by atoms with E-state index in [4.69, 9.17) is 5.73 Å². The molecule has 466 valence electrons. The van der Waals surface area contributed by atoms with Crippen molar-refractivity contribution in [2.24, 2.45) is 35.3 Å². The number of nitrogens with one attached hydrogen (secondary N) is 9. The first-order valence-electron chi connectivity index (χ1n) is 29.0. The van der Waals surface area contributed by atoms with Gasteiger partial charge in [-0.05, 0) is 122 Å². The van der Waals surface area contributed by atoms with Gasteiger partial charge in [0.05, 0.1) is 19.1 Å². The molecule has 0 aliphatic carbocycles. The average Bonchev–Trinajstić information content (AvgIpc) is 4.17. The third-order valence-electron chi connectivity index (χ3n) is 14.2. The zero-order valence-electron chi connectivity index (χ0n) is 51.8. The van der Waals surface area contributed by atoms with Gasteiger partial charge < -0.3 is 68.5 Å². The Morgan fingerprint density at radius 3 is 1.26 bits per heavy atom. The molecule has 0 aromatic carbocycles. The van der Waals surface area contributed by atoms with E-state index in [9.17, 15) is 62.6 Å². The summed E-state index contributed by atoms with van der Waals surface area (Å²) in [6.45, 7) is 28.4. The van der Waals surface area contributed by atoms with Crippen molar-refractivity contribution in [3.05, 3.63) is 0 Å². The molecule has 2 rings (SSSR count). The predicted molar refractivity (Wildman–Crippen MR) is 307 cm³/mol. The summed E-state index contributed by atoms with van der Waals surface area (Å²) in [4.78, 5) is 166. The molecule has 8 atom stereocenters. The molecule has 0 aromatic heterocycles. The molecule has 82 heavy (non-hydrogen) atoms. The van der Waals surface area contributed by atoms with Gasteiger partial charge in [0.25, 0.3) is 0 Å². The minimum atomic E-state index is -1.66. The second-order valence-electron chi connectivity index (χ2n) is 25.9. The van der Waals surface area contributed by atoms with Crippen LogP contribution in [0.1, 0.15) is 175 Å². The maximum absolute atomic E-state index is 14.5. The van der Waals surface area contributed by atoms with Crippen molar-refractivity contribution in [2.75, 3.05) is 19.7 Å². The first-order chi connectivity index (χ1) is 37.7. The Balaban J connectivity index is 2.29. The van der Waals surface area contributed by atoms with Crippen LogP contribution in [0.2, 0.25) is 0 Å². The fourth-order valence-electron chi connectivity index (χ4n) is 10.2. The number of primary amides is 1. The Labute approximate surface area is 485 Å². The van der Waals surface area contributed by atoms with E-state index >= 15 is 0 Å². The minimum absolute atomic E-state index is 0.0910. The Kier molecular flexibility index (Phi) is 27.4. The van der Waals surface area contributed by atoms with Crippen molar-refractivity contribution in [3.8, 4) is 0 Å². The second-order valence-corrected chi connectivity index (χ2v) is 25.9. The molecule has 25 nitrogen and oxygen atoms in total. The van der Waals surface area contributed by atoms with Crippen molar-refractivity contribution >= 4 is 70.9 Å². The summed E-state index contributed by atoms with van der Waals surface area (Å²) >= 11 is 0. The molecule has 0 unspecified atom stereocenters. The van der Waals surface area contributed by atoms with E-state index in [0.29, 0.717) is 25.7 Å². The van der Waals surface area contributed by atoms with Crippen LogP contribution < -0.4 is 53.6 Å². The zero-order valence-corrected chi connectivity index (χ0v) is 51.8. The maximum Gasteiger partial charge on any atom is 0.248 e. The Morgan fingerprint density at radius 2 is 0.878 bits per heavy atom. The van der Waals surface area contributed by atoms with Gasteiger partial charge in [0, 0.05) is 20.0 Å². The van der Waals surface area contributed by atoms with Gasteiger partial charge in [-0.25, -0.2) is 0 Å². The van der Waals surface area contributed by atoms with Crippen LogP contribution in [-0.4, -0.2) is 170 Å². The van der Waals surface area contributed by atoms with Crippen molar-refractivity contribution < 1.29 is 62.6 Å². The summed E-state index contributed by atoms with van der Waals surface area (Å²) in [6, 6.07) is -8.73. The van der Waals surface area contributed by atoms with Gasteiger partial charge in [-0.2, -0.15) is 0 Å². The van der Waals surface area contributed by atoms with E-state index in [1.54, 1.807) is 13.8 Å². The Morgan fingerprint density at radius 1 is 0.488 bits per heavy atom. The highest BCUT2D eigenvalue weighted by molar-refractivity contribution is 6.01. The van der Waals surface area contributed by atoms with Crippen LogP contribution in [0.5, 0.6) is 0 Å². The lowest BCUT2D eigenvalue weighted by molar-refractivity contribution is -0.146. The highest BCUT2D eigenvalue weighted by atomic mass is 16.3. The number of amides is 12. The van der Waals surface area contributed by atoms with Gasteiger partial charge in [0.1, 0.15) is 58.9 Å². The molecular weight excluding hydrogens is 1060 g/mol. The quantitative estimate of drug-likeness (QED) is 0.0445. The lowest BCUT2D eigenvalue weighted by Gasteiger charge is -2.35. The molecule has 2 aliphatic heterocycles. The number of likely N-dealkylation sites (tertiary alicyclic amines) is 2. The normalized spacial score (nSPS) is 18.0. The molecule has 0 radical (unpaired) electrons. The van der Waals surface area contributed by atoms with Gasteiger partial charge in [-0.1, -0.05) is 69.2 Å². The van der Waals surface area contributed by atoms with Crippen LogP contribution in [0.3, 0.4) is 0 Å². The standard InChI is InChI=1S/C57H100N12O13/c1-30(2)24-36(29-70)59-49(77)41-20-18-22-68(41)53(81)56(14,15)66-47(75)38(26-32(5)6)60-45(73)37(25-31(3)4)61-50(78)42-21-19-23-69(42)54(82)57(16,17)67-48(76)39(27-33(7)8)62-51(79)44(34(9)10)64-46(74)40(28-43(58)72)63-52(80)55(12,13)65-35(11)71/h30-34,36-42,44,70H,18-29H2,1-17H3,(H2,58,72)(H,59,77)(H,60,73)(H,61,78)(H,62,79)(H,63,80)(H,64,74)(H,65,71)(H,66,75)(H,67,76)/t36-,37+,38-,39-,40-,41-,42-,44+/m1/s1. The van der Waals surface area contributed by atoms with Crippen molar-refractivity contribution in [1.82, 2.24) is 57.7 Å². The summed E-state index contributed by atoms with van der Waals surface area (Å²) in [5.74, 6) is -8.98. The third kappa shape index (κ3) is 22.1. The minimum Gasteiger partial charge on any atom is -0.394 e. The number of rotatable bonds is 31. The highest BCUT2D eigenvalue weighted by Gasteiger charge is 2.46. The predicted octanol–water partition coefficient (Wildman–Crippen LogP) is 0.290. The largest absolute Gasteiger partial charge is 0.394 e. The van der Waals surface area contributed by atoms with Crippen LogP contribution in [0.15, 0.2) is 0 Å². The smallest absolute Gasteiger partial charge is 0.248 e. The first kappa shape index (κ1) is 71.7. The van der Waals surface area contributed by atoms with E-state index in [1.807, 2.05) is 55.4 Å². The summed E-state index contributed by atoms with van der Waals surface area (Å²) < 4.78 is 0. The van der Waals surface area contributed by atoms with Crippen LogP contribution in [0.25, 0.3) is 0 Å². The molecule has 25 heteroatoms. The van der Waals surface area contributed by atoms with Crippen LogP contribution in [0, 0.1) is 29.6 Å². The zero-order chi connectivity index (χ0) is 62.9. The molecule has 2 aliphatic rings. The van der Waals surface area contributed by atoms with Gasteiger partial charge in [-0.3, -0.25) is 57.5 Å². The lowest BCUT2D eigenvalue weighted by atomic mass is 9.97. The summed E-state index contributed by atoms with van der Waals surface area (Å²) in [7, 11) is 0. The summed E-state index contributed by atoms with van der Waals surface area (Å²) in [6.07, 6.45) is 1.92. The molecule has 2 heterocycles. The van der Waals surface area contributed by atoms with Crippen molar-refractivity contribution in [1.29, 1.82) is 0 Å². The van der Waals surface area contributed by atoms with E-state index < -0.39 is 142 Å². The molecule has 12 amide bonds. The summed E-state index contributed by atoms with van der Waals surface area (Å²) in [5.41, 5.74) is 0.750. The number of nitrogens with zero attached hydrogens (tertiary/aromatic N) is 2. The Bertz CT molecular complexity index is 2300. The molecule has 0 bridgehead atoms. The molecule has 2 fully saturated rings. The van der Waals surface area contributed by atoms with Gasteiger partial charge in [-0.15, -0.1) is 0 Å². The SMILES string of the molecule is CC(=O)NC(C)(C)C(=O)N[C@H](CC(N)=O)C(=O)N[C@H](C(=O)N[C@H](CC(C)C)C(=O)NC(C)(C)C(=O)N1CCC[C@@H]1C(=O)N[C@@H](CC(C)C)C(=O)N[C@H](CC(C)C)C(=O)NC(C)(C)C(=O)N1CCC[C@@H]1C(=O)N[C@@H](CO)CC(C)C)C(C)C. The van der Waals surface area contributed by atoms with Crippen LogP contribution >= 0.6 is 0 Å². The number of hydrogen-bond acceptors (Lipinski definition) is 13. The van der Waals surface area contributed by atoms with Gasteiger partial charge in [0.2, 0.25) is 70.9 Å². The number of hydrogen-bond donors (Lipinski definition) is 11. The van der Waals surface area contributed by atoms with Crippen LogP contribution in [0.4, 0.5) is 0 Å². The van der Waals surface area contributed by atoms with Crippen molar-refractivity contribution in [2.45, 2.75) is 240 Å². The van der Waals surface area contributed by atoms with Crippen molar-refractivity contribution in [3.63, 3.8) is 0 Å². The summed E-state index contributed by atoms with van der Waals surface area (Å²) in [5, 5.41) is 34.1. The van der Waals surface area contributed by atoms with Crippen LogP contribution in [-0.2, 0) is 57.5 Å². The molecule has 12 N–H and O–H groups in total. The topological polar surface area (TPSA) is 366 Å². The van der Waals surface area contributed by atoms with Gasteiger partial charge >= 0.3 is 0 Å². The molecule has 0 aromatic rings. The molecule has 0 spiro atoms. The Hall–Kier alpha value is -6.40. The number of aliphatic hydroxyl groups is 1. The van der Waals surface area contributed by atoms with E-state index in [0.717, 1.165) is 0 Å². The molecule has 0 saturated carbocycles. The number of aliphatic hydroxyl groups excluding tert-OH is 1. The number of carbonyl (C=O) groups is 12. The van der Waals surface area contributed by atoms with E-state index in [1.165, 1.54) is 58.3 Å². The fraction of sp³-hybridized carbons (Fsp3) is 0.789. The first-order valence-corrected chi connectivity index (χ1v) is 29.0. The fourth-order valence-corrected chi connectivity index (χ4v) is 10.2. The third-order valence-corrected chi connectivity index (χ3v) is 14.2. The second kappa shape index (κ2) is 31.3. The molecule has 2 saturated heterocycles. The highest BCUT2D eigenvalue weighted by Crippen LogP contribution is 2.25.